The highest BCUT2D eigenvalue weighted by atomic mass is 15.2. The van der Waals surface area contributed by atoms with Crippen molar-refractivity contribution in [1.29, 1.82) is 5.41 Å². The predicted octanol–water partition coefficient (Wildman–Crippen LogP) is 3.88. The molecule has 0 spiro atoms. The maximum Gasteiger partial charge on any atom is 0.111 e. The lowest BCUT2D eigenvalue weighted by Gasteiger charge is -2.31. The Hall–Kier alpha value is -1.35. The van der Waals surface area contributed by atoms with E-state index in [0.29, 0.717) is 11.8 Å². The van der Waals surface area contributed by atoms with E-state index < -0.39 is 0 Å². The fourth-order valence-corrected chi connectivity index (χ4v) is 4.06. The van der Waals surface area contributed by atoms with E-state index in [4.69, 9.17) is 5.41 Å². The number of nitrogens with one attached hydrogen (secondary N) is 2. The second-order valence-electron chi connectivity index (χ2n) is 7.25. The highest BCUT2D eigenvalue weighted by molar-refractivity contribution is 6.09. The zero-order chi connectivity index (χ0) is 15.9. The molecule has 3 rings (SSSR count). The summed E-state index contributed by atoms with van der Waals surface area (Å²) in [5.41, 5.74) is 3.93. The summed E-state index contributed by atoms with van der Waals surface area (Å²) >= 11 is 0. The van der Waals surface area contributed by atoms with Crippen molar-refractivity contribution in [1.82, 2.24) is 5.32 Å². The highest BCUT2D eigenvalue weighted by Crippen LogP contribution is 2.47. The maximum atomic E-state index is 8.71. The lowest BCUT2D eigenvalue weighted by molar-refractivity contribution is 0.447. The van der Waals surface area contributed by atoms with Crippen LogP contribution in [-0.2, 0) is 5.41 Å². The summed E-state index contributed by atoms with van der Waals surface area (Å²) in [5, 5.41) is 12.2. The van der Waals surface area contributed by atoms with E-state index >= 15 is 0 Å². The SMILES string of the molecule is CCN1C(=N)C(C)(C(C)C)c2cc(C3CCNCC3)ccc21. The molecule has 1 aromatic carbocycles. The summed E-state index contributed by atoms with van der Waals surface area (Å²) < 4.78 is 0. The van der Waals surface area contributed by atoms with E-state index in [1.807, 2.05) is 0 Å². The Balaban J connectivity index is 2.06. The first-order valence-electron chi connectivity index (χ1n) is 8.71. The van der Waals surface area contributed by atoms with Gasteiger partial charge in [-0.25, -0.2) is 0 Å². The maximum absolute atomic E-state index is 8.71. The van der Waals surface area contributed by atoms with Gasteiger partial charge >= 0.3 is 0 Å². The monoisotopic (exact) mass is 299 g/mol. The number of amidine groups is 1. The summed E-state index contributed by atoms with van der Waals surface area (Å²) in [6.45, 7) is 12.0. The third-order valence-electron chi connectivity index (χ3n) is 5.91. The number of benzene rings is 1. The second kappa shape index (κ2) is 5.69. The number of nitrogens with zero attached hydrogens (tertiary/aromatic N) is 1. The summed E-state index contributed by atoms with van der Waals surface area (Å²) in [5.74, 6) is 1.87. The van der Waals surface area contributed by atoms with Gasteiger partial charge in [-0.2, -0.15) is 0 Å². The second-order valence-corrected chi connectivity index (χ2v) is 7.25. The first-order valence-corrected chi connectivity index (χ1v) is 8.71. The fourth-order valence-electron chi connectivity index (χ4n) is 4.06. The van der Waals surface area contributed by atoms with Crippen LogP contribution in [0.5, 0.6) is 0 Å². The van der Waals surface area contributed by atoms with Crippen molar-refractivity contribution >= 4 is 11.5 Å². The molecule has 0 saturated carbocycles. The van der Waals surface area contributed by atoms with Crippen LogP contribution in [-0.4, -0.2) is 25.5 Å². The smallest absolute Gasteiger partial charge is 0.111 e. The molecule has 2 N–H and O–H groups in total. The van der Waals surface area contributed by atoms with Crippen LogP contribution in [0, 0.1) is 11.3 Å². The van der Waals surface area contributed by atoms with Gasteiger partial charge in [0, 0.05) is 12.2 Å². The summed E-state index contributed by atoms with van der Waals surface area (Å²) in [6.07, 6.45) is 2.46. The zero-order valence-electron chi connectivity index (χ0n) is 14.4. The van der Waals surface area contributed by atoms with Gasteiger partial charge in [0.15, 0.2) is 0 Å². The number of hydrogen-bond donors (Lipinski definition) is 2. The Morgan fingerprint density at radius 3 is 2.59 bits per heavy atom. The Morgan fingerprint density at radius 2 is 2.00 bits per heavy atom. The summed E-state index contributed by atoms with van der Waals surface area (Å²) in [7, 11) is 0. The molecule has 1 unspecified atom stereocenters. The summed E-state index contributed by atoms with van der Waals surface area (Å²) in [4.78, 5) is 2.18. The number of anilines is 1. The molecule has 0 aliphatic carbocycles. The van der Waals surface area contributed by atoms with Crippen molar-refractivity contribution < 1.29 is 0 Å². The van der Waals surface area contributed by atoms with Crippen molar-refractivity contribution in [2.24, 2.45) is 5.92 Å². The molecule has 1 aromatic rings. The standard InChI is InChI=1S/C19H29N3/c1-5-22-17-7-6-15(14-8-10-21-11-9-14)12-16(17)19(4,13(2)3)18(22)20/h6-7,12-14,20-21H,5,8-11H2,1-4H3. The number of likely N-dealkylation sites (N-methyl/N-ethyl adjacent to an activating group) is 1. The van der Waals surface area contributed by atoms with E-state index in [2.05, 4.69) is 56.1 Å². The van der Waals surface area contributed by atoms with Gasteiger partial charge in [-0.15, -0.1) is 0 Å². The van der Waals surface area contributed by atoms with Gasteiger partial charge in [0.25, 0.3) is 0 Å². The molecule has 2 aliphatic heterocycles. The zero-order valence-corrected chi connectivity index (χ0v) is 14.4. The predicted molar refractivity (Wildman–Crippen MR) is 94.2 cm³/mol. The van der Waals surface area contributed by atoms with Crippen LogP contribution in [0.15, 0.2) is 18.2 Å². The molecule has 2 heterocycles. The van der Waals surface area contributed by atoms with Crippen molar-refractivity contribution in [2.45, 2.75) is 51.9 Å². The van der Waals surface area contributed by atoms with Crippen molar-refractivity contribution in [2.75, 3.05) is 24.5 Å². The van der Waals surface area contributed by atoms with Crippen LogP contribution in [0.1, 0.15) is 57.6 Å². The minimum absolute atomic E-state index is 0.158. The number of rotatable bonds is 3. The molecule has 0 radical (unpaired) electrons. The normalized spacial score (nSPS) is 25.9. The number of fused-ring (bicyclic) bond motifs is 1. The molecule has 0 bridgehead atoms. The van der Waals surface area contributed by atoms with Gasteiger partial charge in [-0.1, -0.05) is 26.0 Å². The van der Waals surface area contributed by atoms with E-state index in [1.165, 1.54) is 29.7 Å². The van der Waals surface area contributed by atoms with Crippen LogP contribution in [0.3, 0.4) is 0 Å². The van der Waals surface area contributed by atoms with Crippen LogP contribution in [0.25, 0.3) is 0 Å². The molecule has 1 saturated heterocycles. The fraction of sp³-hybridized carbons (Fsp3) is 0.632. The minimum Gasteiger partial charge on any atom is -0.330 e. The van der Waals surface area contributed by atoms with Gasteiger partial charge in [-0.3, -0.25) is 5.41 Å². The topological polar surface area (TPSA) is 39.1 Å². The third-order valence-corrected chi connectivity index (χ3v) is 5.91. The number of hydrogen-bond acceptors (Lipinski definition) is 2. The molecule has 0 amide bonds. The average Bonchev–Trinajstić information content (AvgIpc) is 2.77. The van der Waals surface area contributed by atoms with Gasteiger partial charge in [0.05, 0.1) is 5.41 Å². The molecule has 1 fully saturated rings. The Labute approximate surface area is 134 Å². The van der Waals surface area contributed by atoms with Crippen LogP contribution < -0.4 is 10.2 Å². The largest absolute Gasteiger partial charge is 0.330 e. The molecular weight excluding hydrogens is 270 g/mol. The Kier molecular flexibility index (Phi) is 4.02. The minimum atomic E-state index is -0.158. The first kappa shape index (κ1) is 15.5. The average molecular weight is 299 g/mol. The van der Waals surface area contributed by atoms with Crippen molar-refractivity contribution in [3.63, 3.8) is 0 Å². The molecule has 120 valence electrons. The highest BCUT2D eigenvalue weighted by Gasteiger charge is 2.46. The van der Waals surface area contributed by atoms with Crippen molar-refractivity contribution in [3.8, 4) is 0 Å². The quantitative estimate of drug-likeness (QED) is 0.889. The molecule has 22 heavy (non-hydrogen) atoms. The molecule has 0 aromatic heterocycles. The van der Waals surface area contributed by atoms with E-state index in [0.717, 1.165) is 25.5 Å². The van der Waals surface area contributed by atoms with E-state index in [9.17, 15) is 0 Å². The summed E-state index contributed by atoms with van der Waals surface area (Å²) in [6, 6.07) is 6.98. The van der Waals surface area contributed by atoms with Gasteiger partial charge < -0.3 is 10.2 Å². The van der Waals surface area contributed by atoms with Crippen LogP contribution >= 0.6 is 0 Å². The lowest BCUT2D eigenvalue weighted by atomic mass is 9.73. The van der Waals surface area contributed by atoms with Gasteiger partial charge in [-0.05, 0) is 68.8 Å². The van der Waals surface area contributed by atoms with E-state index in [-0.39, 0.29) is 5.41 Å². The molecule has 3 heteroatoms. The third kappa shape index (κ3) is 2.18. The first-order chi connectivity index (χ1) is 10.5. The van der Waals surface area contributed by atoms with Crippen LogP contribution in [0.2, 0.25) is 0 Å². The lowest BCUT2D eigenvalue weighted by Crippen LogP contribution is -2.41. The van der Waals surface area contributed by atoms with Gasteiger partial charge in [0.1, 0.15) is 5.84 Å². The van der Waals surface area contributed by atoms with Crippen LogP contribution in [0.4, 0.5) is 5.69 Å². The molecule has 2 aliphatic rings. The molecule has 1 atom stereocenters. The Bertz CT molecular complexity index is 572. The Morgan fingerprint density at radius 1 is 1.32 bits per heavy atom. The molecular formula is C19H29N3. The van der Waals surface area contributed by atoms with E-state index in [1.54, 1.807) is 0 Å². The van der Waals surface area contributed by atoms with Crippen molar-refractivity contribution in [3.05, 3.63) is 29.3 Å². The number of piperidine rings is 1. The molecule has 3 nitrogen and oxygen atoms in total. The van der Waals surface area contributed by atoms with Gasteiger partial charge in [0.2, 0.25) is 0 Å².